The standard InChI is InChI=1S/C21H28N4O2/c1-17-21(26)25-10-3-6-19(25)15-24(17)14-18-5-2-7-20(13-18)27-12-4-9-23-11-8-22-16-23/h2,5,7-8,11,13,16-17,19H,3-4,6,9-10,12,14-15H2,1H3/t17-,19-/m1/s1. The van der Waals surface area contributed by atoms with Crippen LogP contribution in [0.3, 0.4) is 0 Å². The number of fused-ring (bicyclic) bond motifs is 1. The van der Waals surface area contributed by atoms with Crippen molar-refractivity contribution in [2.75, 3.05) is 19.7 Å². The first kappa shape index (κ1) is 18.0. The fourth-order valence-electron chi connectivity index (χ4n) is 4.17. The highest BCUT2D eigenvalue weighted by atomic mass is 16.5. The Morgan fingerprint density at radius 2 is 2.26 bits per heavy atom. The van der Waals surface area contributed by atoms with Gasteiger partial charge in [0.05, 0.1) is 19.0 Å². The van der Waals surface area contributed by atoms with Crippen molar-refractivity contribution in [2.24, 2.45) is 0 Å². The largest absolute Gasteiger partial charge is 0.494 e. The van der Waals surface area contributed by atoms with Crippen LogP contribution < -0.4 is 4.74 Å². The third kappa shape index (κ3) is 4.16. The fraction of sp³-hybridized carbons (Fsp3) is 0.524. The maximum Gasteiger partial charge on any atom is 0.239 e. The quantitative estimate of drug-likeness (QED) is 0.705. The van der Waals surface area contributed by atoms with E-state index in [-0.39, 0.29) is 11.9 Å². The van der Waals surface area contributed by atoms with Crippen LogP contribution in [0.4, 0.5) is 0 Å². The van der Waals surface area contributed by atoms with E-state index < -0.39 is 0 Å². The van der Waals surface area contributed by atoms with Crippen LogP contribution in [0.2, 0.25) is 0 Å². The van der Waals surface area contributed by atoms with Crippen molar-refractivity contribution >= 4 is 5.91 Å². The van der Waals surface area contributed by atoms with Gasteiger partial charge in [0.1, 0.15) is 5.75 Å². The summed E-state index contributed by atoms with van der Waals surface area (Å²) in [4.78, 5) is 21.0. The van der Waals surface area contributed by atoms with Crippen molar-refractivity contribution in [3.05, 3.63) is 48.5 Å². The molecule has 0 spiro atoms. The molecule has 1 aromatic carbocycles. The monoisotopic (exact) mass is 368 g/mol. The molecule has 3 heterocycles. The van der Waals surface area contributed by atoms with Gasteiger partial charge in [0.25, 0.3) is 0 Å². The lowest BCUT2D eigenvalue weighted by Crippen LogP contribution is -2.58. The minimum atomic E-state index is -0.0425. The molecule has 0 N–H and O–H groups in total. The first-order valence-corrected chi connectivity index (χ1v) is 9.93. The van der Waals surface area contributed by atoms with E-state index in [4.69, 9.17) is 4.74 Å². The lowest BCUT2D eigenvalue weighted by molar-refractivity contribution is -0.143. The summed E-state index contributed by atoms with van der Waals surface area (Å²) in [6.07, 6.45) is 8.80. The van der Waals surface area contributed by atoms with E-state index in [0.717, 1.165) is 51.2 Å². The zero-order valence-electron chi connectivity index (χ0n) is 16.0. The van der Waals surface area contributed by atoms with Crippen LogP contribution in [0.25, 0.3) is 0 Å². The Morgan fingerprint density at radius 3 is 3.11 bits per heavy atom. The molecule has 0 bridgehead atoms. The Kier molecular flexibility index (Phi) is 5.43. The predicted octanol–water partition coefficient (Wildman–Crippen LogP) is 2.55. The average molecular weight is 368 g/mol. The number of carbonyl (C=O) groups excluding carboxylic acids is 1. The number of aromatic nitrogens is 2. The highest BCUT2D eigenvalue weighted by molar-refractivity contribution is 5.83. The van der Waals surface area contributed by atoms with E-state index in [1.165, 1.54) is 5.56 Å². The molecule has 0 radical (unpaired) electrons. The molecule has 0 saturated carbocycles. The first-order valence-electron chi connectivity index (χ1n) is 9.93. The number of imidazole rings is 1. The molecule has 2 aliphatic heterocycles. The van der Waals surface area contributed by atoms with Crippen LogP contribution in [-0.4, -0.2) is 57.0 Å². The number of nitrogens with zero attached hydrogens (tertiary/aromatic N) is 4. The van der Waals surface area contributed by atoms with Gasteiger partial charge in [-0.05, 0) is 43.9 Å². The molecule has 2 fully saturated rings. The molecule has 0 aliphatic carbocycles. The Balaban J connectivity index is 1.31. The molecular weight excluding hydrogens is 340 g/mol. The Bertz CT molecular complexity index is 761. The number of ether oxygens (including phenoxy) is 1. The second kappa shape index (κ2) is 8.13. The van der Waals surface area contributed by atoms with Gasteiger partial charge in [-0.2, -0.15) is 0 Å². The van der Waals surface area contributed by atoms with Crippen molar-refractivity contribution in [1.82, 2.24) is 19.4 Å². The van der Waals surface area contributed by atoms with E-state index in [1.54, 1.807) is 6.20 Å². The van der Waals surface area contributed by atoms with Crippen LogP contribution in [-0.2, 0) is 17.9 Å². The van der Waals surface area contributed by atoms with Crippen LogP contribution in [0.5, 0.6) is 5.75 Å². The van der Waals surface area contributed by atoms with E-state index in [0.29, 0.717) is 12.6 Å². The lowest BCUT2D eigenvalue weighted by Gasteiger charge is -2.41. The van der Waals surface area contributed by atoms with Gasteiger partial charge in [0.15, 0.2) is 0 Å². The van der Waals surface area contributed by atoms with Crippen LogP contribution >= 0.6 is 0 Å². The summed E-state index contributed by atoms with van der Waals surface area (Å²) in [5.74, 6) is 1.19. The van der Waals surface area contributed by atoms with Crippen molar-refractivity contribution in [3.63, 3.8) is 0 Å². The Morgan fingerprint density at radius 1 is 1.33 bits per heavy atom. The van der Waals surface area contributed by atoms with Crippen molar-refractivity contribution < 1.29 is 9.53 Å². The zero-order chi connectivity index (χ0) is 18.6. The van der Waals surface area contributed by atoms with Crippen molar-refractivity contribution in [3.8, 4) is 5.75 Å². The summed E-state index contributed by atoms with van der Waals surface area (Å²) < 4.78 is 7.98. The Hall–Kier alpha value is -2.34. The molecule has 6 nitrogen and oxygen atoms in total. The number of hydrogen-bond acceptors (Lipinski definition) is 4. The number of carbonyl (C=O) groups is 1. The van der Waals surface area contributed by atoms with E-state index in [2.05, 4.69) is 31.5 Å². The van der Waals surface area contributed by atoms with Gasteiger partial charge in [0.2, 0.25) is 5.91 Å². The van der Waals surface area contributed by atoms with Crippen LogP contribution in [0.1, 0.15) is 31.7 Å². The van der Waals surface area contributed by atoms with Crippen LogP contribution in [0.15, 0.2) is 43.0 Å². The highest BCUT2D eigenvalue weighted by Crippen LogP contribution is 2.27. The second-order valence-corrected chi connectivity index (χ2v) is 7.58. The molecule has 2 saturated heterocycles. The Labute approximate surface area is 160 Å². The second-order valence-electron chi connectivity index (χ2n) is 7.58. The average Bonchev–Trinajstić information content (AvgIpc) is 3.35. The maximum absolute atomic E-state index is 12.6. The predicted molar refractivity (Wildman–Crippen MR) is 103 cm³/mol. The third-order valence-electron chi connectivity index (χ3n) is 5.68. The fourth-order valence-corrected chi connectivity index (χ4v) is 4.17. The molecule has 1 amide bonds. The van der Waals surface area contributed by atoms with Gasteiger partial charge in [-0.3, -0.25) is 9.69 Å². The van der Waals surface area contributed by atoms with Gasteiger partial charge in [-0.25, -0.2) is 4.98 Å². The molecule has 2 aromatic rings. The molecule has 2 aliphatic rings. The zero-order valence-corrected chi connectivity index (χ0v) is 16.0. The smallest absolute Gasteiger partial charge is 0.239 e. The number of aryl methyl sites for hydroxylation is 1. The minimum absolute atomic E-state index is 0.0425. The van der Waals surface area contributed by atoms with E-state index >= 15 is 0 Å². The van der Waals surface area contributed by atoms with Crippen LogP contribution in [0, 0.1) is 0 Å². The number of hydrogen-bond donors (Lipinski definition) is 0. The number of rotatable bonds is 7. The molecule has 0 unspecified atom stereocenters. The number of amides is 1. The molecular formula is C21H28N4O2. The summed E-state index contributed by atoms with van der Waals surface area (Å²) >= 11 is 0. The molecule has 6 heteroatoms. The summed E-state index contributed by atoms with van der Waals surface area (Å²) in [6, 6.07) is 8.63. The minimum Gasteiger partial charge on any atom is -0.494 e. The number of benzene rings is 1. The van der Waals surface area contributed by atoms with Gasteiger partial charge < -0.3 is 14.2 Å². The number of piperazine rings is 1. The summed E-state index contributed by atoms with van der Waals surface area (Å²) in [5, 5.41) is 0. The topological polar surface area (TPSA) is 50.6 Å². The van der Waals surface area contributed by atoms with Crippen molar-refractivity contribution in [2.45, 2.75) is 51.4 Å². The van der Waals surface area contributed by atoms with Gasteiger partial charge >= 0.3 is 0 Å². The summed E-state index contributed by atoms with van der Waals surface area (Å²) in [5.41, 5.74) is 1.20. The molecule has 144 valence electrons. The SMILES string of the molecule is C[C@@H]1C(=O)N2CCC[C@@H]2CN1Cc1cccc(OCCCn2ccnc2)c1. The molecule has 27 heavy (non-hydrogen) atoms. The maximum atomic E-state index is 12.6. The van der Waals surface area contributed by atoms with Gasteiger partial charge in [-0.15, -0.1) is 0 Å². The first-order chi connectivity index (χ1) is 13.2. The van der Waals surface area contributed by atoms with Gasteiger partial charge in [-0.1, -0.05) is 12.1 Å². The highest BCUT2D eigenvalue weighted by Gasteiger charge is 2.39. The van der Waals surface area contributed by atoms with Gasteiger partial charge in [0, 0.05) is 44.6 Å². The lowest BCUT2D eigenvalue weighted by atomic mass is 10.1. The van der Waals surface area contributed by atoms with Crippen molar-refractivity contribution in [1.29, 1.82) is 0 Å². The molecule has 2 atom stereocenters. The van der Waals surface area contributed by atoms with E-state index in [9.17, 15) is 4.79 Å². The normalized spacial score (nSPS) is 22.9. The third-order valence-corrected chi connectivity index (χ3v) is 5.68. The molecule has 1 aromatic heterocycles. The van der Waals surface area contributed by atoms with E-state index in [1.807, 2.05) is 31.6 Å². The summed E-state index contributed by atoms with van der Waals surface area (Å²) in [6.45, 7) is 6.33. The summed E-state index contributed by atoms with van der Waals surface area (Å²) in [7, 11) is 0. The molecule has 4 rings (SSSR count).